The van der Waals surface area contributed by atoms with Crippen molar-refractivity contribution in [2.45, 2.75) is 44.0 Å². The van der Waals surface area contributed by atoms with Crippen molar-refractivity contribution in [3.8, 4) is 0 Å². The molecule has 1 atom stereocenters. The third kappa shape index (κ3) is 4.64. The van der Waals surface area contributed by atoms with Gasteiger partial charge in [-0.25, -0.2) is 18.0 Å². The molecule has 0 spiro atoms. The summed E-state index contributed by atoms with van der Waals surface area (Å²) in [7, 11) is -3.87. The highest BCUT2D eigenvalue weighted by atomic mass is 32.2. The summed E-state index contributed by atoms with van der Waals surface area (Å²) < 4.78 is 37.9. The number of anilines is 1. The highest BCUT2D eigenvalue weighted by Crippen LogP contribution is 2.36. The van der Waals surface area contributed by atoms with Crippen molar-refractivity contribution in [1.82, 2.24) is 0 Å². The summed E-state index contributed by atoms with van der Waals surface area (Å²) in [5.74, 6) is -1.42. The van der Waals surface area contributed by atoms with Crippen molar-refractivity contribution >= 4 is 27.6 Å². The number of nitrogens with zero attached hydrogens (tertiary/aromatic N) is 1. The Hall–Kier alpha value is -2.87. The minimum absolute atomic E-state index is 0.00831. The quantitative estimate of drug-likeness (QED) is 0.470. The van der Waals surface area contributed by atoms with Gasteiger partial charge in [-0.05, 0) is 49.6 Å². The van der Waals surface area contributed by atoms with E-state index in [2.05, 4.69) is 0 Å². The minimum Gasteiger partial charge on any atom is -0.463 e. The highest BCUT2D eigenvalue weighted by Gasteiger charge is 2.36. The summed E-state index contributed by atoms with van der Waals surface area (Å²) in [6.07, 6.45) is 2.24. The Kier molecular flexibility index (Phi) is 6.77. The van der Waals surface area contributed by atoms with E-state index in [0.29, 0.717) is 12.1 Å². The Bertz CT molecular complexity index is 1030. The topological polar surface area (TPSA) is 90.0 Å². The number of hydrogen-bond donors (Lipinski definition) is 0. The summed E-state index contributed by atoms with van der Waals surface area (Å²) >= 11 is 0. The van der Waals surface area contributed by atoms with Crippen molar-refractivity contribution in [2.24, 2.45) is 0 Å². The average molecular weight is 432 g/mol. The second-order valence-electron chi connectivity index (χ2n) is 7.16. The fourth-order valence-corrected chi connectivity index (χ4v) is 5.12. The summed E-state index contributed by atoms with van der Waals surface area (Å²) in [4.78, 5) is 23.9. The summed E-state index contributed by atoms with van der Waals surface area (Å²) in [6.45, 7) is 3.57. The molecule has 2 aromatic rings. The van der Waals surface area contributed by atoms with Crippen LogP contribution in [0.25, 0.3) is 0 Å². The van der Waals surface area contributed by atoms with E-state index in [-0.39, 0.29) is 23.1 Å². The molecule has 0 saturated carbocycles. The molecule has 0 amide bonds. The molecule has 1 heterocycles. The van der Waals surface area contributed by atoms with Gasteiger partial charge in [-0.2, -0.15) is 0 Å². The van der Waals surface area contributed by atoms with Crippen LogP contribution in [-0.2, 0) is 30.7 Å². The predicted molar refractivity (Wildman–Crippen MR) is 112 cm³/mol. The van der Waals surface area contributed by atoms with Crippen LogP contribution < -0.4 is 4.31 Å². The molecule has 3 rings (SSSR count). The molecule has 2 aromatic carbocycles. The zero-order valence-corrected chi connectivity index (χ0v) is 17.9. The van der Waals surface area contributed by atoms with E-state index in [1.54, 1.807) is 12.1 Å². The molecule has 7 nitrogen and oxygen atoms in total. The van der Waals surface area contributed by atoms with E-state index < -0.39 is 28.6 Å². The summed E-state index contributed by atoms with van der Waals surface area (Å²) in [6, 6.07) is 12.8. The van der Waals surface area contributed by atoms with Crippen LogP contribution in [0.2, 0.25) is 0 Å². The number of fused-ring (bicyclic) bond motifs is 1. The number of hydrogen-bond acceptors (Lipinski definition) is 6. The average Bonchev–Trinajstić information content (AvgIpc) is 3.08. The van der Waals surface area contributed by atoms with Gasteiger partial charge in [0.15, 0.2) is 6.61 Å². The Balaban J connectivity index is 1.75. The molecule has 0 bridgehead atoms. The second kappa shape index (κ2) is 9.30. The van der Waals surface area contributed by atoms with Gasteiger partial charge in [0.1, 0.15) is 0 Å². The van der Waals surface area contributed by atoms with Crippen molar-refractivity contribution in [3.05, 3.63) is 59.7 Å². The van der Waals surface area contributed by atoms with Crippen LogP contribution in [0.15, 0.2) is 53.4 Å². The van der Waals surface area contributed by atoms with Gasteiger partial charge in [0.25, 0.3) is 10.0 Å². The molecule has 0 aromatic heterocycles. The van der Waals surface area contributed by atoms with Crippen LogP contribution in [-0.4, -0.2) is 39.6 Å². The first-order valence-corrected chi connectivity index (χ1v) is 11.3. The van der Waals surface area contributed by atoms with E-state index in [4.69, 9.17) is 9.47 Å². The SMILES string of the molecule is CCCCOC(=O)COC(=O)c1cccc(S(=O)(=O)N2c3ccccc3CC2C)c1. The first-order chi connectivity index (χ1) is 14.3. The summed E-state index contributed by atoms with van der Waals surface area (Å²) in [5, 5.41) is 0. The maximum Gasteiger partial charge on any atom is 0.344 e. The number of unbranched alkanes of at least 4 members (excludes halogenated alkanes) is 1. The monoisotopic (exact) mass is 431 g/mol. The molecular formula is C22H25NO6S. The fraction of sp³-hybridized carbons (Fsp3) is 0.364. The number of ether oxygens (including phenoxy) is 2. The molecule has 0 radical (unpaired) electrons. The van der Waals surface area contributed by atoms with Crippen molar-refractivity contribution in [3.63, 3.8) is 0 Å². The minimum atomic E-state index is -3.87. The molecular weight excluding hydrogens is 406 g/mol. The van der Waals surface area contributed by atoms with Gasteiger partial charge in [0.05, 0.1) is 22.8 Å². The van der Waals surface area contributed by atoms with E-state index in [9.17, 15) is 18.0 Å². The van der Waals surface area contributed by atoms with Crippen molar-refractivity contribution in [1.29, 1.82) is 0 Å². The van der Waals surface area contributed by atoms with Crippen LogP contribution in [0, 0.1) is 0 Å². The molecule has 1 aliphatic rings. The second-order valence-corrected chi connectivity index (χ2v) is 8.98. The lowest BCUT2D eigenvalue weighted by molar-refractivity contribution is -0.147. The van der Waals surface area contributed by atoms with Gasteiger partial charge in [-0.3, -0.25) is 4.31 Å². The van der Waals surface area contributed by atoms with Crippen LogP contribution in [0.1, 0.15) is 42.6 Å². The Morgan fingerprint density at radius 2 is 1.87 bits per heavy atom. The van der Waals surface area contributed by atoms with Crippen LogP contribution in [0.5, 0.6) is 0 Å². The Morgan fingerprint density at radius 1 is 1.10 bits per heavy atom. The maximum absolute atomic E-state index is 13.3. The molecule has 8 heteroatoms. The van der Waals surface area contributed by atoms with Crippen LogP contribution in [0.4, 0.5) is 5.69 Å². The van der Waals surface area contributed by atoms with E-state index in [1.165, 1.54) is 28.6 Å². The van der Waals surface area contributed by atoms with Crippen molar-refractivity contribution < 1.29 is 27.5 Å². The zero-order chi connectivity index (χ0) is 21.7. The lowest BCUT2D eigenvalue weighted by Gasteiger charge is -2.24. The number of benzene rings is 2. The molecule has 0 aliphatic carbocycles. The third-order valence-corrected chi connectivity index (χ3v) is 6.78. The molecule has 160 valence electrons. The zero-order valence-electron chi connectivity index (χ0n) is 17.0. The lowest BCUT2D eigenvalue weighted by atomic mass is 10.1. The standard InChI is InChI=1S/C22H25NO6S/c1-3-4-12-28-21(24)15-29-22(25)18-9-7-10-19(14-18)30(26,27)23-16(2)13-17-8-5-6-11-20(17)23/h5-11,14,16H,3-4,12-13,15H2,1-2H3. The summed E-state index contributed by atoms with van der Waals surface area (Å²) in [5.41, 5.74) is 1.66. The molecule has 30 heavy (non-hydrogen) atoms. The largest absolute Gasteiger partial charge is 0.463 e. The third-order valence-electron chi connectivity index (χ3n) is 4.85. The molecule has 0 fully saturated rings. The molecule has 1 unspecified atom stereocenters. The van der Waals surface area contributed by atoms with Gasteiger partial charge in [-0.1, -0.05) is 37.6 Å². The van der Waals surface area contributed by atoms with Gasteiger partial charge >= 0.3 is 11.9 Å². The first-order valence-electron chi connectivity index (χ1n) is 9.89. The number of carbonyl (C=O) groups excluding carboxylic acids is 2. The van der Waals surface area contributed by atoms with Crippen molar-refractivity contribution in [2.75, 3.05) is 17.5 Å². The number of sulfonamides is 1. The van der Waals surface area contributed by atoms with Crippen LogP contribution in [0.3, 0.4) is 0 Å². The van der Waals surface area contributed by atoms with Gasteiger partial charge < -0.3 is 9.47 Å². The molecule has 0 N–H and O–H groups in total. The van der Waals surface area contributed by atoms with Crippen LogP contribution >= 0.6 is 0 Å². The normalized spacial score (nSPS) is 15.5. The van der Waals surface area contributed by atoms with E-state index >= 15 is 0 Å². The lowest BCUT2D eigenvalue weighted by Crippen LogP contribution is -2.35. The predicted octanol–water partition coefficient (Wildman–Crippen LogP) is 3.33. The van der Waals surface area contributed by atoms with Gasteiger partial charge in [0, 0.05) is 6.04 Å². The number of para-hydroxylation sites is 1. The fourth-order valence-electron chi connectivity index (χ4n) is 3.38. The van der Waals surface area contributed by atoms with Gasteiger partial charge in [-0.15, -0.1) is 0 Å². The van der Waals surface area contributed by atoms with E-state index in [0.717, 1.165) is 18.4 Å². The smallest absolute Gasteiger partial charge is 0.344 e. The molecule has 0 saturated heterocycles. The number of esters is 2. The first kappa shape index (κ1) is 21.8. The van der Waals surface area contributed by atoms with E-state index in [1.807, 2.05) is 26.0 Å². The Morgan fingerprint density at radius 3 is 2.63 bits per heavy atom. The molecule has 1 aliphatic heterocycles. The number of carbonyl (C=O) groups is 2. The maximum atomic E-state index is 13.3. The highest BCUT2D eigenvalue weighted by molar-refractivity contribution is 7.92. The Labute approximate surface area is 176 Å². The number of rotatable bonds is 8. The van der Waals surface area contributed by atoms with Gasteiger partial charge in [0.2, 0.25) is 0 Å².